The van der Waals surface area contributed by atoms with E-state index >= 15 is 0 Å². The quantitative estimate of drug-likeness (QED) is 0.869. The van der Waals surface area contributed by atoms with Crippen molar-refractivity contribution in [3.05, 3.63) is 35.7 Å². The molecule has 3 rings (SSSR count). The van der Waals surface area contributed by atoms with E-state index in [0.717, 1.165) is 25.1 Å². The van der Waals surface area contributed by atoms with Gasteiger partial charge in [0.2, 0.25) is 17.6 Å². The molecule has 1 fully saturated rings. The zero-order valence-corrected chi connectivity index (χ0v) is 13.8. The van der Waals surface area contributed by atoms with Crippen molar-refractivity contribution in [1.29, 1.82) is 0 Å². The standard InChI is InChI=1S/C18H23N3O2/c1-13-5-7-15(8-6-13)18-19-16(23-20-18)9-10-17(22)21-11-3-4-14(2)12-21/h5-8,14H,3-4,9-12H2,1-2H3. The van der Waals surface area contributed by atoms with E-state index in [-0.39, 0.29) is 5.91 Å². The topological polar surface area (TPSA) is 59.2 Å². The highest BCUT2D eigenvalue weighted by Gasteiger charge is 2.21. The van der Waals surface area contributed by atoms with Gasteiger partial charge in [0.25, 0.3) is 0 Å². The Morgan fingerprint density at radius 2 is 2.13 bits per heavy atom. The smallest absolute Gasteiger partial charge is 0.227 e. The van der Waals surface area contributed by atoms with Crippen LogP contribution in [0.1, 0.15) is 37.6 Å². The average molecular weight is 313 g/mol. The fraction of sp³-hybridized carbons (Fsp3) is 0.500. The summed E-state index contributed by atoms with van der Waals surface area (Å²) in [5.41, 5.74) is 2.13. The van der Waals surface area contributed by atoms with Crippen molar-refractivity contribution in [2.45, 2.75) is 39.5 Å². The number of hydrogen-bond acceptors (Lipinski definition) is 4. The van der Waals surface area contributed by atoms with Crippen LogP contribution in [0.3, 0.4) is 0 Å². The molecular formula is C18H23N3O2. The Bertz CT molecular complexity index is 663. The number of aryl methyl sites for hydroxylation is 2. The molecule has 1 aromatic carbocycles. The molecule has 2 aromatic rings. The van der Waals surface area contributed by atoms with Crippen molar-refractivity contribution in [3.63, 3.8) is 0 Å². The molecule has 0 saturated carbocycles. The highest BCUT2D eigenvalue weighted by Crippen LogP contribution is 2.18. The second-order valence-electron chi connectivity index (χ2n) is 6.46. The van der Waals surface area contributed by atoms with Crippen molar-refractivity contribution in [2.75, 3.05) is 13.1 Å². The van der Waals surface area contributed by atoms with E-state index in [2.05, 4.69) is 17.1 Å². The van der Waals surface area contributed by atoms with Gasteiger partial charge in [-0.15, -0.1) is 0 Å². The van der Waals surface area contributed by atoms with E-state index in [4.69, 9.17) is 4.52 Å². The minimum Gasteiger partial charge on any atom is -0.342 e. The van der Waals surface area contributed by atoms with Crippen LogP contribution in [-0.2, 0) is 11.2 Å². The van der Waals surface area contributed by atoms with E-state index in [1.54, 1.807) is 0 Å². The van der Waals surface area contributed by atoms with Crippen molar-refractivity contribution >= 4 is 5.91 Å². The number of benzene rings is 1. The molecule has 1 atom stereocenters. The maximum Gasteiger partial charge on any atom is 0.227 e. The highest BCUT2D eigenvalue weighted by atomic mass is 16.5. The van der Waals surface area contributed by atoms with Crippen molar-refractivity contribution in [3.8, 4) is 11.4 Å². The molecule has 2 heterocycles. The number of likely N-dealkylation sites (tertiary alicyclic amines) is 1. The molecular weight excluding hydrogens is 290 g/mol. The molecule has 122 valence electrons. The number of rotatable bonds is 4. The van der Waals surface area contributed by atoms with Gasteiger partial charge in [0.05, 0.1) is 0 Å². The van der Waals surface area contributed by atoms with E-state index < -0.39 is 0 Å². The molecule has 1 unspecified atom stereocenters. The zero-order valence-electron chi connectivity index (χ0n) is 13.8. The Balaban J connectivity index is 1.56. The van der Waals surface area contributed by atoms with Crippen LogP contribution >= 0.6 is 0 Å². The lowest BCUT2D eigenvalue weighted by Crippen LogP contribution is -2.39. The summed E-state index contributed by atoms with van der Waals surface area (Å²) in [6, 6.07) is 7.99. The summed E-state index contributed by atoms with van der Waals surface area (Å²) in [5, 5.41) is 4.01. The fourth-order valence-electron chi connectivity index (χ4n) is 2.96. The third-order valence-corrected chi connectivity index (χ3v) is 4.34. The van der Waals surface area contributed by atoms with E-state index in [0.29, 0.717) is 30.5 Å². The number of amides is 1. The number of nitrogens with zero attached hydrogens (tertiary/aromatic N) is 3. The van der Waals surface area contributed by atoms with Gasteiger partial charge in [0, 0.05) is 31.5 Å². The van der Waals surface area contributed by atoms with Crippen LogP contribution < -0.4 is 0 Å². The molecule has 1 aliphatic rings. The minimum absolute atomic E-state index is 0.187. The Morgan fingerprint density at radius 3 is 2.87 bits per heavy atom. The van der Waals surface area contributed by atoms with Gasteiger partial charge in [-0.3, -0.25) is 4.79 Å². The van der Waals surface area contributed by atoms with Crippen molar-refractivity contribution in [2.24, 2.45) is 5.92 Å². The first kappa shape index (κ1) is 15.7. The third kappa shape index (κ3) is 3.97. The van der Waals surface area contributed by atoms with E-state index in [1.807, 2.05) is 36.1 Å². The van der Waals surface area contributed by atoms with Gasteiger partial charge >= 0.3 is 0 Å². The Morgan fingerprint density at radius 1 is 1.35 bits per heavy atom. The van der Waals surface area contributed by atoms with Gasteiger partial charge < -0.3 is 9.42 Å². The molecule has 23 heavy (non-hydrogen) atoms. The lowest BCUT2D eigenvalue weighted by molar-refractivity contribution is -0.132. The maximum absolute atomic E-state index is 12.3. The van der Waals surface area contributed by atoms with Crippen LogP contribution in [0, 0.1) is 12.8 Å². The SMILES string of the molecule is Cc1ccc(-c2noc(CCC(=O)N3CCCC(C)C3)n2)cc1. The molecule has 0 bridgehead atoms. The first-order valence-corrected chi connectivity index (χ1v) is 8.29. The molecule has 1 aliphatic heterocycles. The largest absolute Gasteiger partial charge is 0.342 e. The summed E-state index contributed by atoms with van der Waals surface area (Å²) in [4.78, 5) is 18.6. The predicted octanol–water partition coefficient (Wildman–Crippen LogP) is 3.24. The second kappa shape index (κ2) is 6.94. The first-order chi connectivity index (χ1) is 11.1. The van der Waals surface area contributed by atoms with Crippen LogP contribution in [-0.4, -0.2) is 34.0 Å². The number of carbonyl (C=O) groups is 1. The lowest BCUT2D eigenvalue weighted by atomic mass is 10.00. The molecule has 1 amide bonds. The van der Waals surface area contributed by atoms with Gasteiger partial charge in [0.1, 0.15) is 0 Å². The third-order valence-electron chi connectivity index (χ3n) is 4.34. The molecule has 5 nitrogen and oxygen atoms in total. The fourth-order valence-corrected chi connectivity index (χ4v) is 2.96. The summed E-state index contributed by atoms with van der Waals surface area (Å²) in [6.45, 7) is 5.99. The molecule has 1 saturated heterocycles. The van der Waals surface area contributed by atoms with Gasteiger partial charge in [-0.25, -0.2) is 0 Å². The lowest BCUT2D eigenvalue weighted by Gasteiger charge is -2.30. The summed E-state index contributed by atoms with van der Waals surface area (Å²) in [5.74, 6) is 1.90. The minimum atomic E-state index is 0.187. The molecule has 0 spiro atoms. The number of piperidine rings is 1. The number of carbonyl (C=O) groups excluding carboxylic acids is 1. The first-order valence-electron chi connectivity index (χ1n) is 8.29. The molecule has 1 aromatic heterocycles. The second-order valence-corrected chi connectivity index (χ2v) is 6.46. The Hall–Kier alpha value is -2.17. The number of aromatic nitrogens is 2. The van der Waals surface area contributed by atoms with Crippen LogP contribution in [0.4, 0.5) is 0 Å². The van der Waals surface area contributed by atoms with Crippen molar-refractivity contribution < 1.29 is 9.32 Å². The summed E-state index contributed by atoms with van der Waals surface area (Å²) in [7, 11) is 0. The van der Waals surface area contributed by atoms with Gasteiger partial charge in [-0.2, -0.15) is 4.98 Å². The monoisotopic (exact) mass is 313 g/mol. The zero-order chi connectivity index (χ0) is 16.2. The van der Waals surface area contributed by atoms with E-state index in [1.165, 1.54) is 12.0 Å². The van der Waals surface area contributed by atoms with Crippen LogP contribution in [0.25, 0.3) is 11.4 Å². The maximum atomic E-state index is 12.3. The summed E-state index contributed by atoms with van der Waals surface area (Å²) in [6.07, 6.45) is 3.25. The Labute approximate surface area is 136 Å². The molecule has 5 heteroatoms. The molecule has 0 radical (unpaired) electrons. The highest BCUT2D eigenvalue weighted by molar-refractivity contribution is 5.76. The normalized spacial score (nSPS) is 18.2. The summed E-state index contributed by atoms with van der Waals surface area (Å²) < 4.78 is 5.28. The molecule has 0 aliphatic carbocycles. The van der Waals surface area contributed by atoms with Gasteiger partial charge in [0.15, 0.2) is 0 Å². The number of hydrogen-bond donors (Lipinski definition) is 0. The van der Waals surface area contributed by atoms with Crippen LogP contribution in [0.2, 0.25) is 0 Å². The predicted molar refractivity (Wildman–Crippen MR) is 87.8 cm³/mol. The van der Waals surface area contributed by atoms with Gasteiger partial charge in [-0.05, 0) is 25.7 Å². The van der Waals surface area contributed by atoms with Gasteiger partial charge in [-0.1, -0.05) is 41.9 Å². The van der Waals surface area contributed by atoms with Crippen molar-refractivity contribution in [1.82, 2.24) is 15.0 Å². The summed E-state index contributed by atoms with van der Waals surface area (Å²) >= 11 is 0. The van der Waals surface area contributed by atoms with Crippen LogP contribution in [0.5, 0.6) is 0 Å². The molecule has 0 N–H and O–H groups in total. The van der Waals surface area contributed by atoms with Crippen LogP contribution in [0.15, 0.2) is 28.8 Å². The van der Waals surface area contributed by atoms with E-state index in [9.17, 15) is 4.79 Å². The Kier molecular flexibility index (Phi) is 4.74. The average Bonchev–Trinajstić information content (AvgIpc) is 3.02.